The van der Waals surface area contributed by atoms with Crippen LogP contribution in [0.1, 0.15) is 264 Å². The van der Waals surface area contributed by atoms with E-state index >= 15 is 0 Å². The van der Waals surface area contributed by atoms with Crippen molar-refractivity contribution in [2.24, 2.45) is 0 Å². The lowest BCUT2D eigenvalue weighted by atomic mass is 9.85. The molecule has 0 spiro atoms. The Morgan fingerprint density at radius 3 is 1.25 bits per heavy atom. The molecular formula is C56H107O12P. The summed E-state index contributed by atoms with van der Waals surface area (Å²) in [5, 5.41) is 50.4. The van der Waals surface area contributed by atoms with Crippen molar-refractivity contribution in [1.29, 1.82) is 0 Å². The van der Waals surface area contributed by atoms with E-state index in [1.807, 2.05) is 0 Å². The highest BCUT2D eigenvalue weighted by molar-refractivity contribution is 7.47. The largest absolute Gasteiger partial charge is 0.472 e. The van der Waals surface area contributed by atoms with Crippen molar-refractivity contribution >= 4 is 13.8 Å². The van der Waals surface area contributed by atoms with Crippen molar-refractivity contribution in [3.63, 3.8) is 0 Å². The Bertz CT molecular complexity index is 1240. The summed E-state index contributed by atoms with van der Waals surface area (Å²) in [6.45, 7) is 4.29. The number of ether oxygens (including phenoxy) is 2. The van der Waals surface area contributed by atoms with E-state index in [-0.39, 0.29) is 13.0 Å². The minimum Gasteiger partial charge on any atom is -0.457 e. The van der Waals surface area contributed by atoms with Gasteiger partial charge in [-0.05, 0) is 44.9 Å². The number of carbonyl (C=O) groups excluding carboxylic acids is 1. The van der Waals surface area contributed by atoms with Crippen molar-refractivity contribution < 1.29 is 58.3 Å². The third kappa shape index (κ3) is 38.1. The SMILES string of the molecule is CCCCC/C=C\C/C=C\CCCCCCCCCCCC(=O)OC(COCCCCCCCCCCCCCCCCCCCCCCCCC)COP(=O)(O)OC1C(O)C(O)C(O)C(O)C1O. The smallest absolute Gasteiger partial charge is 0.457 e. The number of esters is 1. The Hall–Kier alpha value is -1.18. The maximum absolute atomic E-state index is 12.9. The van der Waals surface area contributed by atoms with Gasteiger partial charge in [0, 0.05) is 13.0 Å². The van der Waals surface area contributed by atoms with Crippen LogP contribution in [0.5, 0.6) is 0 Å². The fourth-order valence-corrected chi connectivity index (χ4v) is 10.0. The molecule has 1 fully saturated rings. The van der Waals surface area contributed by atoms with E-state index in [1.165, 1.54) is 186 Å². The van der Waals surface area contributed by atoms with Gasteiger partial charge in [-0.15, -0.1) is 0 Å². The summed E-state index contributed by atoms with van der Waals surface area (Å²) >= 11 is 0. The van der Waals surface area contributed by atoms with Crippen molar-refractivity contribution in [3.8, 4) is 0 Å². The zero-order chi connectivity index (χ0) is 50.5. The topological polar surface area (TPSA) is 192 Å². The van der Waals surface area contributed by atoms with Gasteiger partial charge in [-0.3, -0.25) is 13.8 Å². The number of hydrogen-bond donors (Lipinski definition) is 6. The van der Waals surface area contributed by atoms with Gasteiger partial charge in [0.25, 0.3) is 0 Å². The molecule has 0 saturated heterocycles. The molecule has 408 valence electrons. The maximum Gasteiger partial charge on any atom is 0.472 e. The molecule has 0 bridgehead atoms. The molecule has 1 aliphatic carbocycles. The van der Waals surface area contributed by atoms with Crippen LogP contribution in [0.3, 0.4) is 0 Å². The van der Waals surface area contributed by atoms with Crippen LogP contribution >= 0.6 is 7.82 Å². The van der Waals surface area contributed by atoms with Crippen molar-refractivity contribution in [2.45, 2.75) is 307 Å². The first-order valence-corrected chi connectivity index (χ1v) is 30.2. The molecular weight excluding hydrogens is 896 g/mol. The fourth-order valence-electron chi connectivity index (χ4n) is 9.04. The Morgan fingerprint density at radius 2 is 0.812 bits per heavy atom. The number of unbranched alkanes of at least 4 members (excludes halogenated alkanes) is 34. The predicted octanol–water partition coefficient (Wildman–Crippen LogP) is 13.6. The van der Waals surface area contributed by atoms with Crippen LogP contribution in [0.2, 0.25) is 0 Å². The molecule has 0 amide bonds. The van der Waals surface area contributed by atoms with E-state index in [9.17, 15) is 39.8 Å². The lowest BCUT2D eigenvalue weighted by molar-refractivity contribution is -0.220. The number of aliphatic hydroxyl groups excluding tert-OH is 5. The lowest BCUT2D eigenvalue weighted by Crippen LogP contribution is -2.64. The maximum atomic E-state index is 12.9. The van der Waals surface area contributed by atoms with Crippen LogP contribution in [0.4, 0.5) is 0 Å². The first-order valence-electron chi connectivity index (χ1n) is 28.7. The number of phosphoric ester groups is 1. The minimum absolute atomic E-state index is 0.0732. The van der Waals surface area contributed by atoms with Gasteiger partial charge in [-0.1, -0.05) is 237 Å². The molecule has 0 aromatic carbocycles. The fraction of sp³-hybridized carbons (Fsp3) is 0.911. The second-order valence-corrected chi connectivity index (χ2v) is 21.6. The average molecular weight is 1000 g/mol. The van der Waals surface area contributed by atoms with E-state index in [0.717, 1.165) is 51.4 Å². The van der Waals surface area contributed by atoms with Gasteiger partial charge >= 0.3 is 13.8 Å². The monoisotopic (exact) mass is 1000 g/mol. The number of aliphatic hydroxyl groups is 5. The van der Waals surface area contributed by atoms with Crippen LogP contribution in [0.15, 0.2) is 24.3 Å². The molecule has 0 heterocycles. The molecule has 0 radical (unpaired) electrons. The van der Waals surface area contributed by atoms with Gasteiger partial charge < -0.3 is 39.9 Å². The molecule has 6 atom stereocenters. The highest BCUT2D eigenvalue weighted by atomic mass is 31.2. The third-order valence-electron chi connectivity index (χ3n) is 13.6. The van der Waals surface area contributed by atoms with E-state index in [4.69, 9.17) is 18.5 Å². The zero-order valence-electron chi connectivity index (χ0n) is 44.1. The quantitative estimate of drug-likeness (QED) is 0.0146. The Morgan fingerprint density at radius 1 is 0.464 bits per heavy atom. The first kappa shape index (κ1) is 65.8. The average Bonchev–Trinajstić information content (AvgIpc) is 3.34. The molecule has 69 heavy (non-hydrogen) atoms. The number of hydrogen-bond acceptors (Lipinski definition) is 11. The molecule has 0 aromatic rings. The second kappa shape index (κ2) is 46.6. The van der Waals surface area contributed by atoms with Gasteiger partial charge in [0.2, 0.25) is 0 Å². The normalized spacial score (nSPS) is 21.1. The highest BCUT2D eigenvalue weighted by Gasteiger charge is 2.51. The molecule has 13 heteroatoms. The molecule has 6 N–H and O–H groups in total. The van der Waals surface area contributed by atoms with Crippen LogP contribution in [-0.2, 0) is 27.9 Å². The van der Waals surface area contributed by atoms with E-state index in [0.29, 0.717) is 13.0 Å². The van der Waals surface area contributed by atoms with Crippen LogP contribution < -0.4 is 0 Å². The third-order valence-corrected chi connectivity index (χ3v) is 14.6. The summed E-state index contributed by atoms with van der Waals surface area (Å²) < 4.78 is 34.4. The minimum atomic E-state index is -5.02. The van der Waals surface area contributed by atoms with Crippen LogP contribution in [-0.4, -0.2) is 98.9 Å². The molecule has 1 aliphatic rings. The first-order chi connectivity index (χ1) is 33.5. The summed E-state index contributed by atoms with van der Waals surface area (Å²) in [5.41, 5.74) is 0. The predicted molar refractivity (Wildman–Crippen MR) is 281 cm³/mol. The number of phosphoric acid groups is 1. The second-order valence-electron chi connectivity index (χ2n) is 20.1. The highest BCUT2D eigenvalue weighted by Crippen LogP contribution is 2.47. The van der Waals surface area contributed by atoms with Gasteiger partial charge in [-0.25, -0.2) is 4.57 Å². The lowest BCUT2D eigenvalue weighted by Gasteiger charge is -2.41. The number of rotatable bonds is 50. The summed E-state index contributed by atoms with van der Waals surface area (Å²) in [6, 6.07) is 0. The zero-order valence-corrected chi connectivity index (χ0v) is 45.0. The Kier molecular flexibility index (Phi) is 44.5. The summed E-state index contributed by atoms with van der Waals surface area (Å²) in [7, 11) is -5.02. The summed E-state index contributed by atoms with van der Waals surface area (Å²) in [5.74, 6) is -0.476. The Balaban J connectivity index is 2.27. The van der Waals surface area contributed by atoms with Crippen molar-refractivity contribution in [2.75, 3.05) is 19.8 Å². The number of allylic oxidation sites excluding steroid dienone is 4. The van der Waals surface area contributed by atoms with Gasteiger partial charge in [0.1, 0.15) is 42.7 Å². The van der Waals surface area contributed by atoms with Crippen molar-refractivity contribution in [1.82, 2.24) is 0 Å². The van der Waals surface area contributed by atoms with Gasteiger partial charge in [-0.2, -0.15) is 0 Å². The van der Waals surface area contributed by atoms with Crippen LogP contribution in [0.25, 0.3) is 0 Å². The van der Waals surface area contributed by atoms with E-state index in [1.54, 1.807) is 0 Å². The van der Waals surface area contributed by atoms with Gasteiger partial charge in [0.15, 0.2) is 0 Å². The van der Waals surface area contributed by atoms with E-state index < -0.39 is 63.1 Å². The van der Waals surface area contributed by atoms with Gasteiger partial charge in [0.05, 0.1) is 13.2 Å². The summed E-state index contributed by atoms with van der Waals surface area (Å²) in [4.78, 5) is 23.3. The molecule has 1 rings (SSSR count). The molecule has 1 saturated carbocycles. The van der Waals surface area contributed by atoms with Crippen molar-refractivity contribution in [3.05, 3.63) is 24.3 Å². The molecule has 0 aliphatic heterocycles. The molecule has 6 unspecified atom stereocenters. The summed E-state index contributed by atoms with van der Waals surface area (Å²) in [6.07, 6.45) is 43.9. The number of carbonyl (C=O) groups is 1. The molecule has 0 aromatic heterocycles. The Labute approximate surface area is 421 Å². The molecule has 12 nitrogen and oxygen atoms in total. The standard InChI is InChI=1S/C56H107O12P/c1-3-5-7-9-11-13-15-17-19-21-23-24-25-26-28-30-32-34-36-38-40-42-44-46-65-47-49(48-66-69(63,64)68-56-54(61)52(59)51(58)53(60)55(56)62)67-50(57)45-43-41-39-37-35-33-31-29-27-22-20-18-16-14-12-10-8-6-4-2/h12,14,18,20,49,51-56,58-62H,3-11,13,15-17,19,21-48H2,1-2H3,(H,63,64)/b14-12-,20-18-. The van der Waals surface area contributed by atoms with Crippen LogP contribution in [0, 0.1) is 0 Å². The van der Waals surface area contributed by atoms with E-state index in [2.05, 4.69) is 38.2 Å².